The van der Waals surface area contributed by atoms with E-state index in [2.05, 4.69) is 5.32 Å². The number of carbonyl (C=O) groups is 1. The summed E-state index contributed by atoms with van der Waals surface area (Å²) in [5, 5.41) is 2.96. The number of amides is 1. The van der Waals surface area contributed by atoms with Crippen molar-refractivity contribution in [2.45, 2.75) is 20.5 Å². The molecule has 0 aliphatic carbocycles. The molecule has 3 rings (SSSR count). The van der Waals surface area contributed by atoms with Crippen molar-refractivity contribution in [3.8, 4) is 17.2 Å². The van der Waals surface area contributed by atoms with Crippen LogP contribution in [0.2, 0.25) is 0 Å². The monoisotopic (exact) mass is 391 g/mol. The summed E-state index contributed by atoms with van der Waals surface area (Å²) < 4.78 is 16.9. The van der Waals surface area contributed by atoms with Crippen molar-refractivity contribution in [3.05, 3.63) is 82.9 Å². The fourth-order valence-corrected chi connectivity index (χ4v) is 2.95. The number of methoxy groups -OCH3 is 2. The third-order valence-corrected chi connectivity index (χ3v) is 4.59. The summed E-state index contributed by atoms with van der Waals surface area (Å²) in [6.07, 6.45) is 0. The molecule has 0 aromatic heterocycles. The van der Waals surface area contributed by atoms with Gasteiger partial charge in [0, 0.05) is 11.3 Å². The Morgan fingerprint density at radius 3 is 2.17 bits per heavy atom. The van der Waals surface area contributed by atoms with Gasteiger partial charge in [-0.3, -0.25) is 4.79 Å². The summed E-state index contributed by atoms with van der Waals surface area (Å²) in [7, 11) is 3.08. The van der Waals surface area contributed by atoms with Crippen molar-refractivity contribution in [1.82, 2.24) is 0 Å². The number of hydrogen-bond acceptors (Lipinski definition) is 4. The van der Waals surface area contributed by atoms with E-state index >= 15 is 0 Å². The zero-order chi connectivity index (χ0) is 20.8. The number of benzene rings is 3. The summed E-state index contributed by atoms with van der Waals surface area (Å²) in [4.78, 5) is 12.8. The zero-order valence-corrected chi connectivity index (χ0v) is 17.1. The first kappa shape index (κ1) is 20.3. The molecule has 0 aliphatic rings. The summed E-state index contributed by atoms with van der Waals surface area (Å²) >= 11 is 0. The van der Waals surface area contributed by atoms with Crippen LogP contribution in [0.4, 0.5) is 5.69 Å². The number of carbonyl (C=O) groups excluding carboxylic acids is 1. The second kappa shape index (κ2) is 9.15. The van der Waals surface area contributed by atoms with Crippen LogP contribution in [0.1, 0.15) is 27.0 Å². The molecule has 0 spiro atoms. The molecule has 1 N–H and O–H groups in total. The van der Waals surface area contributed by atoms with Gasteiger partial charge in [-0.2, -0.15) is 0 Å². The van der Waals surface area contributed by atoms with Crippen LogP contribution >= 0.6 is 0 Å². The average molecular weight is 391 g/mol. The Kier molecular flexibility index (Phi) is 6.39. The summed E-state index contributed by atoms with van der Waals surface area (Å²) in [6, 6.07) is 19.1. The van der Waals surface area contributed by atoms with Crippen LogP contribution in [0.25, 0.3) is 0 Å². The normalized spacial score (nSPS) is 10.3. The third kappa shape index (κ3) is 4.88. The van der Waals surface area contributed by atoms with Crippen LogP contribution in [0.15, 0.2) is 60.7 Å². The molecule has 0 fully saturated rings. The van der Waals surface area contributed by atoms with Gasteiger partial charge in [-0.1, -0.05) is 42.5 Å². The van der Waals surface area contributed by atoms with Crippen LogP contribution in [0.3, 0.4) is 0 Å². The van der Waals surface area contributed by atoms with E-state index < -0.39 is 0 Å². The number of hydrogen-bond donors (Lipinski definition) is 1. The van der Waals surface area contributed by atoms with E-state index in [0.29, 0.717) is 29.4 Å². The van der Waals surface area contributed by atoms with Gasteiger partial charge in [-0.25, -0.2) is 0 Å². The fraction of sp³-hybridized carbons (Fsp3) is 0.208. The Labute approximate surface area is 171 Å². The van der Waals surface area contributed by atoms with Gasteiger partial charge >= 0.3 is 0 Å². The molecule has 0 heterocycles. The molecule has 0 radical (unpaired) electrons. The summed E-state index contributed by atoms with van der Waals surface area (Å²) in [6.45, 7) is 4.30. The molecule has 0 atom stereocenters. The molecule has 29 heavy (non-hydrogen) atoms. The number of ether oxygens (including phenoxy) is 3. The Hall–Kier alpha value is -3.47. The molecule has 0 aliphatic heterocycles. The van der Waals surface area contributed by atoms with Crippen LogP contribution in [0, 0.1) is 13.8 Å². The van der Waals surface area contributed by atoms with Crippen molar-refractivity contribution >= 4 is 11.6 Å². The van der Waals surface area contributed by atoms with Gasteiger partial charge in [0.25, 0.3) is 5.91 Å². The molecule has 5 heteroatoms. The standard InChI is InChI=1S/C24H25NO4/c1-16-10-11-17(2)20(12-16)25-24(26)19-13-21(27-3)23(22(14-19)28-4)29-15-18-8-6-5-7-9-18/h5-14H,15H2,1-4H3,(H,25,26). The highest BCUT2D eigenvalue weighted by atomic mass is 16.5. The largest absolute Gasteiger partial charge is 0.493 e. The van der Waals surface area contributed by atoms with Gasteiger partial charge in [0.2, 0.25) is 5.75 Å². The maximum absolute atomic E-state index is 12.8. The fourth-order valence-electron chi connectivity index (χ4n) is 2.95. The van der Waals surface area contributed by atoms with Crippen LogP contribution < -0.4 is 19.5 Å². The van der Waals surface area contributed by atoms with Gasteiger partial charge in [-0.05, 0) is 48.7 Å². The Bertz CT molecular complexity index is 974. The SMILES string of the molecule is COc1cc(C(=O)Nc2cc(C)ccc2C)cc(OC)c1OCc1ccccc1. The molecular weight excluding hydrogens is 366 g/mol. The minimum absolute atomic E-state index is 0.245. The first-order valence-electron chi connectivity index (χ1n) is 9.33. The lowest BCUT2D eigenvalue weighted by Crippen LogP contribution is -2.13. The van der Waals surface area contributed by atoms with Gasteiger partial charge in [0.05, 0.1) is 14.2 Å². The molecule has 150 valence electrons. The minimum atomic E-state index is -0.245. The zero-order valence-electron chi connectivity index (χ0n) is 17.1. The lowest BCUT2D eigenvalue weighted by atomic mass is 10.1. The molecule has 3 aromatic rings. The van der Waals surface area contributed by atoms with E-state index in [0.717, 1.165) is 22.4 Å². The maximum Gasteiger partial charge on any atom is 0.255 e. The lowest BCUT2D eigenvalue weighted by molar-refractivity contribution is 0.102. The molecule has 1 amide bonds. The van der Waals surface area contributed by atoms with Crippen LogP contribution in [-0.2, 0) is 6.61 Å². The van der Waals surface area contributed by atoms with E-state index in [-0.39, 0.29) is 5.91 Å². The third-order valence-electron chi connectivity index (χ3n) is 4.59. The Morgan fingerprint density at radius 2 is 1.55 bits per heavy atom. The molecule has 0 saturated carbocycles. The van der Waals surface area contributed by atoms with Crippen molar-refractivity contribution < 1.29 is 19.0 Å². The summed E-state index contributed by atoms with van der Waals surface area (Å²) in [5.74, 6) is 1.09. The molecular formula is C24H25NO4. The molecule has 0 saturated heterocycles. The van der Waals surface area contributed by atoms with Crippen LogP contribution in [0.5, 0.6) is 17.2 Å². The van der Waals surface area contributed by atoms with Crippen molar-refractivity contribution in [1.29, 1.82) is 0 Å². The average Bonchev–Trinajstić information content (AvgIpc) is 2.74. The minimum Gasteiger partial charge on any atom is -0.493 e. The second-order valence-corrected chi connectivity index (χ2v) is 6.76. The first-order chi connectivity index (χ1) is 14.0. The van der Waals surface area contributed by atoms with Crippen molar-refractivity contribution in [2.24, 2.45) is 0 Å². The first-order valence-corrected chi connectivity index (χ1v) is 9.33. The highest BCUT2D eigenvalue weighted by Gasteiger charge is 2.18. The van der Waals surface area contributed by atoms with E-state index in [1.54, 1.807) is 12.1 Å². The molecule has 5 nitrogen and oxygen atoms in total. The van der Waals surface area contributed by atoms with E-state index in [1.807, 2.05) is 62.4 Å². The molecule has 0 unspecified atom stereocenters. The van der Waals surface area contributed by atoms with E-state index in [4.69, 9.17) is 14.2 Å². The quantitative estimate of drug-likeness (QED) is 0.605. The number of anilines is 1. The number of rotatable bonds is 7. The van der Waals surface area contributed by atoms with Crippen LogP contribution in [-0.4, -0.2) is 20.1 Å². The van der Waals surface area contributed by atoms with Gasteiger partial charge in [0.1, 0.15) is 6.61 Å². The van der Waals surface area contributed by atoms with Gasteiger partial charge in [-0.15, -0.1) is 0 Å². The maximum atomic E-state index is 12.8. The predicted octanol–water partition coefficient (Wildman–Crippen LogP) is 5.15. The highest BCUT2D eigenvalue weighted by molar-refractivity contribution is 6.05. The Morgan fingerprint density at radius 1 is 0.897 bits per heavy atom. The molecule has 3 aromatic carbocycles. The van der Waals surface area contributed by atoms with Gasteiger partial charge in [0.15, 0.2) is 11.5 Å². The second-order valence-electron chi connectivity index (χ2n) is 6.76. The van der Waals surface area contributed by atoms with E-state index in [9.17, 15) is 4.79 Å². The number of aryl methyl sites for hydroxylation is 2. The number of nitrogens with one attached hydrogen (secondary N) is 1. The molecule has 0 bridgehead atoms. The smallest absolute Gasteiger partial charge is 0.255 e. The van der Waals surface area contributed by atoms with E-state index in [1.165, 1.54) is 14.2 Å². The Balaban J connectivity index is 1.86. The lowest BCUT2D eigenvalue weighted by Gasteiger charge is -2.16. The highest BCUT2D eigenvalue weighted by Crippen LogP contribution is 2.39. The topological polar surface area (TPSA) is 56.8 Å². The van der Waals surface area contributed by atoms with Crippen molar-refractivity contribution in [2.75, 3.05) is 19.5 Å². The predicted molar refractivity (Wildman–Crippen MR) is 114 cm³/mol. The van der Waals surface area contributed by atoms with Crippen molar-refractivity contribution in [3.63, 3.8) is 0 Å². The summed E-state index contributed by atoms with van der Waals surface area (Å²) in [5.41, 5.74) is 4.29. The van der Waals surface area contributed by atoms with Gasteiger partial charge < -0.3 is 19.5 Å².